The molecule has 0 unspecified atom stereocenters. The second-order valence-corrected chi connectivity index (χ2v) is 7.15. The second kappa shape index (κ2) is 7.85. The molecule has 0 radical (unpaired) electrons. The highest BCUT2D eigenvalue weighted by atomic mass is 35.5. The lowest BCUT2D eigenvalue weighted by atomic mass is 10.2. The maximum atomic E-state index is 12.4. The van der Waals surface area contributed by atoms with Gasteiger partial charge in [0.1, 0.15) is 4.88 Å². The minimum absolute atomic E-state index is 0.103. The molecule has 0 fully saturated rings. The number of hydrogen-bond donors (Lipinski definition) is 2. The Bertz CT molecular complexity index is 1020. The van der Waals surface area contributed by atoms with Crippen LogP contribution in [0.3, 0.4) is 0 Å². The van der Waals surface area contributed by atoms with Crippen molar-refractivity contribution in [2.45, 2.75) is 6.92 Å². The van der Waals surface area contributed by atoms with Crippen LogP contribution in [0, 0.1) is 6.92 Å². The molecular weight excluding hydrogens is 388 g/mol. The van der Waals surface area contributed by atoms with Gasteiger partial charge in [-0.1, -0.05) is 23.7 Å². The van der Waals surface area contributed by atoms with E-state index in [0.717, 1.165) is 15.6 Å². The van der Waals surface area contributed by atoms with E-state index in [2.05, 4.69) is 10.5 Å². The molecule has 0 spiro atoms. The Hall–Kier alpha value is -2.77. The fraction of sp³-hybridized carbons (Fsp3) is 0.158. The number of nitrogens with one attached hydrogen (secondary N) is 1. The van der Waals surface area contributed by atoms with Gasteiger partial charge in [-0.15, -0.1) is 11.3 Å². The van der Waals surface area contributed by atoms with E-state index in [1.807, 2.05) is 25.1 Å². The Labute approximate surface area is 165 Å². The minimum atomic E-state index is -0.396. The summed E-state index contributed by atoms with van der Waals surface area (Å²) in [6.45, 7) is 1.98. The van der Waals surface area contributed by atoms with Crippen LogP contribution in [-0.2, 0) is 0 Å². The van der Waals surface area contributed by atoms with Gasteiger partial charge in [-0.2, -0.15) is 5.10 Å². The first-order chi connectivity index (χ1) is 12.9. The van der Waals surface area contributed by atoms with E-state index in [0.29, 0.717) is 15.5 Å². The van der Waals surface area contributed by atoms with Gasteiger partial charge in [0, 0.05) is 15.6 Å². The third-order valence-electron chi connectivity index (χ3n) is 3.87. The monoisotopic (exact) mass is 404 g/mol. The molecule has 1 heterocycles. The number of fused-ring (bicyclic) bond motifs is 1. The number of halogens is 1. The summed E-state index contributed by atoms with van der Waals surface area (Å²) in [4.78, 5) is 12.8. The van der Waals surface area contributed by atoms with Gasteiger partial charge in [0.05, 0.1) is 25.5 Å². The van der Waals surface area contributed by atoms with E-state index in [-0.39, 0.29) is 17.2 Å². The maximum Gasteiger partial charge on any atom is 0.283 e. The number of phenolic OH excluding ortho intramolecular Hbond substituents is 1. The lowest BCUT2D eigenvalue weighted by Crippen LogP contribution is -2.16. The molecule has 1 amide bonds. The van der Waals surface area contributed by atoms with E-state index in [1.54, 1.807) is 12.1 Å². The summed E-state index contributed by atoms with van der Waals surface area (Å²) in [6, 6.07) is 8.98. The molecular formula is C19H17ClN2O4S. The molecule has 3 rings (SSSR count). The molecule has 6 nitrogen and oxygen atoms in total. The van der Waals surface area contributed by atoms with Crippen LogP contribution in [0.1, 0.15) is 20.8 Å². The molecule has 0 aliphatic carbocycles. The predicted molar refractivity (Wildman–Crippen MR) is 108 cm³/mol. The number of amides is 1. The topological polar surface area (TPSA) is 80.2 Å². The van der Waals surface area contributed by atoms with Crippen molar-refractivity contribution >= 4 is 45.1 Å². The van der Waals surface area contributed by atoms with Crippen LogP contribution < -0.4 is 14.9 Å². The molecule has 0 aliphatic rings. The number of hydrogen-bond acceptors (Lipinski definition) is 6. The zero-order valence-corrected chi connectivity index (χ0v) is 16.4. The lowest BCUT2D eigenvalue weighted by molar-refractivity contribution is 0.0959. The van der Waals surface area contributed by atoms with Gasteiger partial charge in [-0.25, -0.2) is 5.43 Å². The van der Waals surface area contributed by atoms with Crippen LogP contribution in [-0.4, -0.2) is 31.4 Å². The normalized spacial score (nSPS) is 11.1. The van der Waals surface area contributed by atoms with Crippen LogP contribution in [0.4, 0.5) is 0 Å². The summed E-state index contributed by atoms with van der Waals surface area (Å²) in [5, 5.41) is 15.1. The van der Waals surface area contributed by atoms with Gasteiger partial charge in [0.2, 0.25) is 5.75 Å². The molecule has 1 aromatic heterocycles. The van der Waals surface area contributed by atoms with Gasteiger partial charge in [0.25, 0.3) is 5.91 Å². The van der Waals surface area contributed by atoms with E-state index < -0.39 is 5.91 Å². The number of methoxy groups -OCH3 is 2. The van der Waals surface area contributed by atoms with Crippen molar-refractivity contribution in [3.05, 3.63) is 51.4 Å². The third kappa shape index (κ3) is 3.84. The number of carbonyl (C=O) groups excluding carboxylic acids is 1. The fourth-order valence-corrected chi connectivity index (χ4v) is 4.03. The molecule has 0 aliphatic heterocycles. The molecule has 2 N–H and O–H groups in total. The number of ether oxygens (including phenoxy) is 2. The Morgan fingerprint density at radius 1 is 1.22 bits per heavy atom. The highest BCUT2D eigenvalue weighted by molar-refractivity contribution is 7.21. The Morgan fingerprint density at radius 3 is 2.52 bits per heavy atom. The van der Waals surface area contributed by atoms with Crippen molar-refractivity contribution in [1.82, 2.24) is 5.43 Å². The van der Waals surface area contributed by atoms with Crippen molar-refractivity contribution in [1.29, 1.82) is 0 Å². The van der Waals surface area contributed by atoms with Gasteiger partial charge >= 0.3 is 0 Å². The summed E-state index contributed by atoms with van der Waals surface area (Å²) in [5.74, 6) is -0.0172. The molecule has 2 aromatic carbocycles. The number of rotatable bonds is 5. The van der Waals surface area contributed by atoms with Crippen molar-refractivity contribution in [2.75, 3.05) is 14.2 Å². The summed E-state index contributed by atoms with van der Waals surface area (Å²) in [6.07, 6.45) is 1.42. The molecule has 0 saturated carbocycles. The molecule has 8 heteroatoms. The standard InChI is InChI=1S/C19H17ClN2O4S/c1-10-4-5-12-15(6-10)27-18(16(12)20)19(24)22-21-9-11-7-13(25-2)17(23)14(8-11)26-3/h4-9,23H,1-3H3,(H,22,24)/b21-9+. The smallest absolute Gasteiger partial charge is 0.283 e. The van der Waals surface area contributed by atoms with Crippen molar-refractivity contribution < 1.29 is 19.4 Å². The number of aryl methyl sites for hydroxylation is 1. The summed E-state index contributed by atoms with van der Waals surface area (Å²) in [7, 11) is 2.87. The van der Waals surface area contributed by atoms with E-state index in [4.69, 9.17) is 21.1 Å². The number of phenols is 1. The highest BCUT2D eigenvalue weighted by Crippen LogP contribution is 2.37. The van der Waals surface area contributed by atoms with E-state index in [1.165, 1.54) is 31.8 Å². The third-order valence-corrected chi connectivity index (χ3v) is 5.53. The number of hydrazone groups is 1. The average Bonchev–Trinajstić information content (AvgIpc) is 2.98. The fourth-order valence-electron chi connectivity index (χ4n) is 2.52. The van der Waals surface area contributed by atoms with Gasteiger partial charge < -0.3 is 14.6 Å². The minimum Gasteiger partial charge on any atom is -0.502 e. The summed E-state index contributed by atoms with van der Waals surface area (Å²) >= 11 is 7.65. The van der Waals surface area contributed by atoms with Crippen molar-refractivity contribution in [3.8, 4) is 17.2 Å². The Kier molecular flexibility index (Phi) is 5.53. The van der Waals surface area contributed by atoms with Crippen LogP contribution in [0.2, 0.25) is 5.02 Å². The maximum absolute atomic E-state index is 12.4. The Morgan fingerprint density at radius 2 is 1.89 bits per heavy atom. The highest BCUT2D eigenvalue weighted by Gasteiger charge is 2.17. The van der Waals surface area contributed by atoms with Crippen LogP contribution in [0.5, 0.6) is 17.2 Å². The first kappa shape index (κ1) is 19.0. The van der Waals surface area contributed by atoms with Crippen LogP contribution in [0.15, 0.2) is 35.4 Å². The summed E-state index contributed by atoms with van der Waals surface area (Å²) in [5.41, 5.74) is 4.15. The molecule has 0 saturated heterocycles. The zero-order chi connectivity index (χ0) is 19.6. The van der Waals surface area contributed by atoms with Gasteiger partial charge in [0.15, 0.2) is 11.5 Å². The summed E-state index contributed by atoms with van der Waals surface area (Å²) < 4.78 is 11.1. The number of carbonyl (C=O) groups is 1. The molecule has 27 heavy (non-hydrogen) atoms. The number of aromatic hydroxyl groups is 1. The average molecular weight is 405 g/mol. The molecule has 3 aromatic rings. The van der Waals surface area contributed by atoms with Gasteiger partial charge in [-0.05, 0) is 30.7 Å². The van der Waals surface area contributed by atoms with Crippen LogP contribution >= 0.6 is 22.9 Å². The second-order valence-electron chi connectivity index (χ2n) is 5.72. The van der Waals surface area contributed by atoms with Crippen LogP contribution in [0.25, 0.3) is 10.1 Å². The van der Waals surface area contributed by atoms with Gasteiger partial charge in [-0.3, -0.25) is 4.79 Å². The molecule has 0 bridgehead atoms. The Balaban J connectivity index is 1.81. The number of thiophene rings is 1. The first-order valence-corrected chi connectivity index (χ1v) is 9.11. The van der Waals surface area contributed by atoms with Crippen molar-refractivity contribution in [2.24, 2.45) is 5.10 Å². The quantitative estimate of drug-likeness (QED) is 0.489. The zero-order valence-electron chi connectivity index (χ0n) is 14.9. The molecule has 140 valence electrons. The van der Waals surface area contributed by atoms with Crippen molar-refractivity contribution in [3.63, 3.8) is 0 Å². The van der Waals surface area contributed by atoms with E-state index in [9.17, 15) is 9.90 Å². The van der Waals surface area contributed by atoms with E-state index >= 15 is 0 Å². The predicted octanol–water partition coefficient (Wildman–Crippen LogP) is 4.35. The SMILES string of the molecule is COc1cc(/C=N/NC(=O)c2sc3cc(C)ccc3c2Cl)cc(OC)c1O. The molecule has 0 atom stereocenters. The largest absolute Gasteiger partial charge is 0.502 e. The lowest BCUT2D eigenvalue weighted by Gasteiger charge is -2.09. The number of benzene rings is 2. The number of nitrogens with zero attached hydrogens (tertiary/aromatic N) is 1. The first-order valence-electron chi connectivity index (χ1n) is 7.91.